The van der Waals surface area contributed by atoms with E-state index in [4.69, 9.17) is 4.74 Å². The van der Waals surface area contributed by atoms with Gasteiger partial charge in [-0.05, 0) is 60.4 Å². The Morgan fingerprint density at radius 2 is 1.47 bits per heavy atom. The number of nitrogens with zero attached hydrogens (tertiary/aromatic N) is 1. The molecule has 0 aromatic heterocycles. The standard InChI is InChI=1S/C25H26N2O4S/c1-31-23-11-13-24(14-12-23)32(29,30)26-22-15-17-27(18-16-22)25(28)21-9-7-20(8-10-21)19-5-3-2-4-6-19/h2-14,22,26H,15-18H2,1H3. The van der Waals surface area contributed by atoms with Gasteiger partial charge in [-0.3, -0.25) is 4.79 Å². The van der Waals surface area contributed by atoms with Crippen LogP contribution in [-0.2, 0) is 10.0 Å². The van der Waals surface area contributed by atoms with Crippen molar-refractivity contribution in [1.29, 1.82) is 0 Å². The number of hydrogen-bond donors (Lipinski definition) is 1. The highest BCUT2D eigenvalue weighted by atomic mass is 32.2. The van der Waals surface area contributed by atoms with E-state index in [1.54, 1.807) is 17.0 Å². The number of carbonyl (C=O) groups excluding carboxylic acids is 1. The second kappa shape index (κ2) is 9.54. The molecule has 3 aromatic rings. The van der Waals surface area contributed by atoms with E-state index in [0.29, 0.717) is 37.2 Å². The van der Waals surface area contributed by atoms with Crippen LogP contribution in [0.4, 0.5) is 0 Å². The molecule has 0 unspecified atom stereocenters. The summed E-state index contributed by atoms with van der Waals surface area (Å²) in [6.07, 6.45) is 1.15. The Morgan fingerprint density at radius 1 is 0.875 bits per heavy atom. The van der Waals surface area contributed by atoms with Crippen molar-refractivity contribution < 1.29 is 17.9 Å². The van der Waals surface area contributed by atoms with E-state index in [1.165, 1.54) is 19.2 Å². The minimum Gasteiger partial charge on any atom is -0.497 e. The number of benzene rings is 3. The van der Waals surface area contributed by atoms with Gasteiger partial charge in [-0.1, -0.05) is 42.5 Å². The predicted octanol–water partition coefficient (Wildman–Crippen LogP) is 3.95. The molecule has 4 rings (SSSR count). The van der Waals surface area contributed by atoms with Crippen molar-refractivity contribution >= 4 is 15.9 Å². The molecule has 1 aliphatic heterocycles. The van der Waals surface area contributed by atoms with Crippen LogP contribution in [0.2, 0.25) is 0 Å². The molecule has 1 saturated heterocycles. The highest BCUT2D eigenvalue weighted by Crippen LogP contribution is 2.22. The Kier molecular flexibility index (Phi) is 6.58. The Bertz CT molecular complexity index is 1150. The number of hydrogen-bond acceptors (Lipinski definition) is 4. The SMILES string of the molecule is COc1ccc(S(=O)(=O)NC2CCN(C(=O)c3ccc(-c4ccccc4)cc3)CC2)cc1. The van der Waals surface area contributed by atoms with Crippen molar-refractivity contribution in [2.75, 3.05) is 20.2 Å². The fourth-order valence-electron chi connectivity index (χ4n) is 3.86. The fraction of sp³-hybridized carbons (Fsp3) is 0.240. The van der Waals surface area contributed by atoms with Gasteiger partial charge < -0.3 is 9.64 Å². The van der Waals surface area contributed by atoms with E-state index in [0.717, 1.165) is 11.1 Å². The number of methoxy groups -OCH3 is 1. The second-order valence-electron chi connectivity index (χ2n) is 7.81. The third kappa shape index (κ3) is 5.00. The number of amides is 1. The fourth-order valence-corrected chi connectivity index (χ4v) is 5.17. The average molecular weight is 451 g/mol. The van der Waals surface area contributed by atoms with Crippen LogP contribution >= 0.6 is 0 Å². The summed E-state index contributed by atoms with van der Waals surface area (Å²) in [5.41, 5.74) is 2.81. The Labute approximate surface area is 188 Å². The summed E-state index contributed by atoms with van der Waals surface area (Å²) in [7, 11) is -2.08. The van der Waals surface area contributed by atoms with Crippen LogP contribution < -0.4 is 9.46 Å². The first-order valence-electron chi connectivity index (χ1n) is 10.6. The molecule has 7 heteroatoms. The summed E-state index contributed by atoms with van der Waals surface area (Å²) >= 11 is 0. The average Bonchev–Trinajstić information content (AvgIpc) is 2.84. The maximum absolute atomic E-state index is 12.9. The van der Waals surface area contributed by atoms with Crippen molar-refractivity contribution in [1.82, 2.24) is 9.62 Å². The molecule has 166 valence electrons. The van der Waals surface area contributed by atoms with E-state index >= 15 is 0 Å². The number of likely N-dealkylation sites (tertiary alicyclic amines) is 1. The lowest BCUT2D eigenvalue weighted by molar-refractivity contribution is 0.0711. The number of ether oxygens (including phenoxy) is 1. The zero-order valence-corrected chi connectivity index (χ0v) is 18.7. The lowest BCUT2D eigenvalue weighted by Crippen LogP contribution is -2.46. The Morgan fingerprint density at radius 3 is 2.06 bits per heavy atom. The molecule has 0 bridgehead atoms. The van der Waals surface area contributed by atoms with Crippen molar-refractivity contribution in [2.24, 2.45) is 0 Å². The molecule has 0 saturated carbocycles. The van der Waals surface area contributed by atoms with Gasteiger partial charge in [0.25, 0.3) is 5.91 Å². The number of piperidine rings is 1. The summed E-state index contributed by atoms with van der Waals surface area (Å²) in [5.74, 6) is 0.577. The molecule has 0 radical (unpaired) electrons. The lowest BCUT2D eigenvalue weighted by Gasteiger charge is -2.32. The molecule has 3 aromatic carbocycles. The van der Waals surface area contributed by atoms with Gasteiger partial charge in [0.2, 0.25) is 10.0 Å². The van der Waals surface area contributed by atoms with Crippen molar-refractivity contribution in [3.8, 4) is 16.9 Å². The molecule has 1 amide bonds. The molecule has 1 heterocycles. The minimum absolute atomic E-state index is 0.0268. The summed E-state index contributed by atoms with van der Waals surface area (Å²) in [4.78, 5) is 14.9. The van der Waals surface area contributed by atoms with Crippen LogP contribution in [0.3, 0.4) is 0 Å². The highest BCUT2D eigenvalue weighted by molar-refractivity contribution is 7.89. The lowest BCUT2D eigenvalue weighted by atomic mass is 10.0. The molecule has 1 fully saturated rings. The summed E-state index contributed by atoms with van der Waals surface area (Å²) in [5, 5.41) is 0. The smallest absolute Gasteiger partial charge is 0.253 e. The highest BCUT2D eigenvalue weighted by Gasteiger charge is 2.27. The first-order chi connectivity index (χ1) is 15.5. The van der Waals surface area contributed by atoms with Gasteiger partial charge in [-0.25, -0.2) is 13.1 Å². The van der Waals surface area contributed by atoms with Crippen molar-refractivity contribution in [2.45, 2.75) is 23.8 Å². The maximum atomic E-state index is 12.9. The molecule has 1 N–H and O–H groups in total. The predicted molar refractivity (Wildman–Crippen MR) is 124 cm³/mol. The molecule has 1 aliphatic rings. The van der Waals surface area contributed by atoms with E-state index < -0.39 is 10.0 Å². The van der Waals surface area contributed by atoms with E-state index in [1.807, 2.05) is 54.6 Å². The van der Waals surface area contributed by atoms with Crippen LogP contribution in [0, 0.1) is 0 Å². The number of sulfonamides is 1. The van der Waals surface area contributed by atoms with Gasteiger partial charge >= 0.3 is 0 Å². The van der Waals surface area contributed by atoms with E-state index in [2.05, 4.69) is 4.72 Å². The maximum Gasteiger partial charge on any atom is 0.253 e. The molecule has 0 aliphatic carbocycles. The quantitative estimate of drug-likeness (QED) is 0.617. The molecule has 0 atom stereocenters. The largest absolute Gasteiger partial charge is 0.497 e. The first-order valence-corrected chi connectivity index (χ1v) is 12.1. The van der Waals surface area contributed by atoms with Gasteiger partial charge in [0.05, 0.1) is 12.0 Å². The van der Waals surface area contributed by atoms with Crippen molar-refractivity contribution in [3.05, 3.63) is 84.4 Å². The van der Waals surface area contributed by atoms with Crippen LogP contribution in [-0.4, -0.2) is 45.5 Å². The van der Waals surface area contributed by atoms with Gasteiger partial charge in [-0.2, -0.15) is 0 Å². The van der Waals surface area contributed by atoms with Crippen LogP contribution in [0.1, 0.15) is 23.2 Å². The number of nitrogens with one attached hydrogen (secondary N) is 1. The molecule has 0 spiro atoms. The number of carbonyl (C=O) groups is 1. The third-order valence-electron chi connectivity index (χ3n) is 5.71. The molecule has 6 nitrogen and oxygen atoms in total. The summed E-state index contributed by atoms with van der Waals surface area (Å²) < 4.78 is 33.2. The second-order valence-corrected chi connectivity index (χ2v) is 9.52. The van der Waals surface area contributed by atoms with Crippen LogP contribution in [0.25, 0.3) is 11.1 Å². The van der Waals surface area contributed by atoms with Gasteiger partial charge in [0.1, 0.15) is 5.75 Å². The zero-order valence-electron chi connectivity index (χ0n) is 17.9. The first kappa shape index (κ1) is 22.0. The zero-order chi connectivity index (χ0) is 22.6. The van der Waals surface area contributed by atoms with E-state index in [-0.39, 0.29) is 16.8 Å². The molecular formula is C25H26N2O4S. The van der Waals surface area contributed by atoms with E-state index in [9.17, 15) is 13.2 Å². The van der Waals surface area contributed by atoms with Crippen LogP contribution in [0.5, 0.6) is 5.75 Å². The monoisotopic (exact) mass is 450 g/mol. The molecule has 32 heavy (non-hydrogen) atoms. The normalized spacial score (nSPS) is 14.8. The van der Waals surface area contributed by atoms with Crippen LogP contribution in [0.15, 0.2) is 83.8 Å². The van der Waals surface area contributed by atoms with Gasteiger partial charge in [0, 0.05) is 24.7 Å². The van der Waals surface area contributed by atoms with Gasteiger partial charge in [-0.15, -0.1) is 0 Å². The van der Waals surface area contributed by atoms with Gasteiger partial charge in [0.15, 0.2) is 0 Å². The summed E-state index contributed by atoms with van der Waals surface area (Å²) in [6.45, 7) is 1.02. The Balaban J connectivity index is 1.34. The number of rotatable bonds is 6. The van der Waals surface area contributed by atoms with Crippen molar-refractivity contribution in [3.63, 3.8) is 0 Å². The minimum atomic E-state index is -3.61. The molecular weight excluding hydrogens is 424 g/mol. The third-order valence-corrected chi connectivity index (χ3v) is 7.25. The Hall–Kier alpha value is -3.16. The topological polar surface area (TPSA) is 75.7 Å². The summed E-state index contributed by atoms with van der Waals surface area (Å²) in [6, 6.07) is 23.7.